The van der Waals surface area contributed by atoms with Gasteiger partial charge in [0.25, 0.3) is 5.91 Å². The second kappa shape index (κ2) is 9.15. The van der Waals surface area contributed by atoms with Gasteiger partial charge >= 0.3 is 0 Å². The van der Waals surface area contributed by atoms with Gasteiger partial charge in [0.2, 0.25) is 5.91 Å². The standard InChI is InChI=1S/C28H29N5O3/c1-28(2,18-31-15-4-5-25(31)34)19-6-8-20(9-7-19)32-16-14-23-24(17-29)30-33(26(23)27(32)35)21-10-12-22(36-3)13-11-21/h6-13H,4-5,14-16,18H2,1-3H3. The summed E-state index contributed by atoms with van der Waals surface area (Å²) in [6.07, 6.45) is 2.10. The first-order valence-electron chi connectivity index (χ1n) is 12.2. The molecule has 2 aliphatic rings. The molecule has 5 rings (SSSR count). The van der Waals surface area contributed by atoms with Gasteiger partial charge in [0.05, 0.1) is 12.8 Å². The third-order valence-electron chi connectivity index (χ3n) is 7.16. The Balaban J connectivity index is 1.42. The molecule has 0 spiro atoms. The lowest BCUT2D eigenvalue weighted by atomic mass is 9.84. The predicted octanol–water partition coefficient (Wildman–Crippen LogP) is 3.86. The number of amides is 2. The van der Waals surface area contributed by atoms with Crippen LogP contribution in [0.1, 0.15) is 54.0 Å². The SMILES string of the molecule is COc1ccc(-n2nc(C#N)c3c2C(=O)N(c2ccc(C(C)(C)CN4CCCC4=O)cc2)CC3)cc1. The molecule has 36 heavy (non-hydrogen) atoms. The number of aromatic nitrogens is 2. The van der Waals surface area contributed by atoms with E-state index in [1.807, 2.05) is 41.3 Å². The van der Waals surface area contributed by atoms with E-state index in [9.17, 15) is 14.9 Å². The number of hydrogen-bond acceptors (Lipinski definition) is 5. The van der Waals surface area contributed by atoms with Gasteiger partial charge in [-0.3, -0.25) is 9.59 Å². The van der Waals surface area contributed by atoms with E-state index in [4.69, 9.17) is 4.74 Å². The molecule has 3 aromatic rings. The number of fused-ring (bicyclic) bond motifs is 1. The molecule has 8 nitrogen and oxygen atoms in total. The Bertz CT molecular complexity index is 1350. The maximum atomic E-state index is 13.7. The Morgan fingerprint density at radius 3 is 2.31 bits per heavy atom. The fraction of sp³-hybridized carbons (Fsp3) is 0.357. The maximum Gasteiger partial charge on any atom is 0.277 e. The van der Waals surface area contributed by atoms with Crippen molar-refractivity contribution in [3.8, 4) is 17.5 Å². The summed E-state index contributed by atoms with van der Waals surface area (Å²) < 4.78 is 6.80. The van der Waals surface area contributed by atoms with Crippen LogP contribution in [-0.2, 0) is 16.6 Å². The molecule has 2 aromatic carbocycles. The number of hydrogen-bond donors (Lipinski definition) is 0. The van der Waals surface area contributed by atoms with Gasteiger partial charge < -0.3 is 14.5 Å². The molecule has 184 valence electrons. The van der Waals surface area contributed by atoms with Crippen molar-refractivity contribution < 1.29 is 14.3 Å². The van der Waals surface area contributed by atoms with Crippen LogP contribution < -0.4 is 9.64 Å². The minimum atomic E-state index is -0.202. The summed E-state index contributed by atoms with van der Waals surface area (Å²) in [6, 6.07) is 17.4. The van der Waals surface area contributed by atoms with Gasteiger partial charge in [-0.2, -0.15) is 10.4 Å². The first-order chi connectivity index (χ1) is 17.3. The zero-order valence-electron chi connectivity index (χ0n) is 20.8. The van der Waals surface area contributed by atoms with E-state index >= 15 is 0 Å². The quantitative estimate of drug-likeness (QED) is 0.531. The van der Waals surface area contributed by atoms with Crippen LogP contribution in [0, 0.1) is 11.3 Å². The topological polar surface area (TPSA) is 91.5 Å². The van der Waals surface area contributed by atoms with E-state index in [1.54, 1.807) is 28.8 Å². The molecule has 0 saturated carbocycles. The van der Waals surface area contributed by atoms with E-state index in [1.165, 1.54) is 0 Å². The molecule has 1 aromatic heterocycles. The highest BCUT2D eigenvalue weighted by Gasteiger charge is 2.34. The monoisotopic (exact) mass is 483 g/mol. The van der Waals surface area contributed by atoms with Crippen LogP contribution in [0.2, 0.25) is 0 Å². The average Bonchev–Trinajstić information content (AvgIpc) is 3.47. The molecular weight excluding hydrogens is 454 g/mol. The van der Waals surface area contributed by atoms with Crippen LogP contribution in [-0.4, -0.2) is 53.2 Å². The highest BCUT2D eigenvalue weighted by Crippen LogP contribution is 2.32. The number of anilines is 1. The summed E-state index contributed by atoms with van der Waals surface area (Å²) in [7, 11) is 1.60. The molecule has 0 aliphatic carbocycles. The lowest BCUT2D eigenvalue weighted by molar-refractivity contribution is -0.128. The number of benzene rings is 2. The lowest BCUT2D eigenvalue weighted by Gasteiger charge is -2.32. The number of ether oxygens (including phenoxy) is 1. The minimum Gasteiger partial charge on any atom is -0.497 e. The molecule has 1 saturated heterocycles. The van der Waals surface area contributed by atoms with Crippen molar-refractivity contribution in [3.63, 3.8) is 0 Å². The van der Waals surface area contributed by atoms with Crippen LogP contribution in [0.25, 0.3) is 5.69 Å². The first-order valence-corrected chi connectivity index (χ1v) is 12.2. The Morgan fingerprint density at radius 1 is 1.00 bits per heavy atom. The highest BCUT2D eigenvalue weighted by molar-refractivity contribution is 6.07. The molecule has 0 radical (unpaired) electrons. The predicted molar refractivity (Wildman–Crippen MR) is 135 cm³/mol. The van der Waals surface area contributed by atoms with E-state index in [0.717, 1.165) is 24.2 Å². The Hall–Kier alpha value is -4.12. The van der Waals surface area contributed by atoms with Gasteiger partial charge in [0, 0.05) is 42.7 Å². The minimum absolute atomic E-state index is 0.184. The number of nitriles is 1. The fourth-order valence-electron chi connectivity index (χ4n) is 5.14. The van der Waals surface area contributed by atoms with Gasteiger partial charge in [-0.15, -0.1) is 0 Å². The van der Waals surface area contributed by atoms with Crippen LogP contribution in [0.3, 0.4) is 0 Å². The molecule has 0 N–H and O–H groups in total. The van der Waals surface area contributed by atoms with Gasteiger partial charge in [-0.1, -0.05) is 26.0 Å². The number of methoxy groups -OCH3 is 1. The zero-order valence-corrected chi connectivity index (χ0v) is 20.8. The molecule has 2 amide bonds. The van der Waals surface area contributed by atoms with Gasteiger partial charge in [0.15, 0.2) is 5.69 Å². The summed E-state index contributed by atoms with van der Waals surface area (Å²) in [5.74, 6) is 0.737. The van der Waals surface area contributed by atoms with Crippen molar-refractivity contribution in [1.82, 2.24) is 14.7 Å². The van der Waals surface area contributed by atoms with E-state index in [0.29, 0.717) is 48.6 Å². The normalized spacial score (nSPS) is 15.7. The molecule has 3 heterocycles. The third kappa shape index (κ3) is 4.11. The highest BCUT2D eigenvalue weighted by atomic mass is 16.5. The van der Waals surface area contributed by atoms with Crippen molar-refractivity contribution in [1.29, 1.82) is 5.26 Å². The Kier molecular flexibility index (Phi) is 6.00. The lowest BCUT2D eigenvalue weighted by Crippen LogP contribution is -2.39. The van der Waals surface area contributed by atoms with E-state index in [2.05, 4.69) is 25.0 Å². The third-order valence-corrected chi connectivity index (χ3v) is 7.16. The molecule has 8 heteroatoms. The van der Waals surface area contributed by atoms with Crippen molar-refractivity contribution >= 4 is 17.5 Å². The second-order valence-corrected chi connectivity index (χ2v) is 9.95. The largest absolute Gasteiger partial charge is 0.497 e. The summed E-state index contributed by atoms with van der Waals surface area (Å²) in [5.41, 5.74) is 3.78. The molecule has 0 unspecified atom stereocenters. The molecule has 0 bridgehead atoms. The van der Waals surface area contributed by atoms with Crippen LogP contribution in [0.15, 0.2) is 48.5 Å². The summed E-state index contributed by atoms with van der Waals surface area (Å²) in [4.78, 5) is 29.5. The summed E-state index contributed by atoms with van der Waals surface area (Å²) in [5, 5.41) is 14.1. The van der Waals surface area contributed by atoms with Gasteiger partial charge in [-0.05, 0) is 54.8 Å². The Morgan fingerprint density at radius 2 is 1.69 bits per heavy atom. The molecular formula is C28H29N5O3. The number of carbonyl (C=O) groups is 2. The van der Waals surface area contributed by atoms with Crippen molar-refractivity contribution in [2.45, 2.75) is 38.5 Å². The second-order valence-electron chi connectivity index (χ2n) is 9.95. The number of carbonyl (C=O) groups excluding carboxylic acids is 2. The number of likely N-dealkylation sites (tertiary alicyclic amines) is 1. The van der Waals surface area contributed by atoms with Crippen molar-refractivity contribution in [3.05, 3.63) is 71.0 Å². The van der Waals surface area contributed by atoms with Crippen LogP contribution in [0.4, 0.5) is 5.69 Å². The Labute approximate surface area is 210 Å². The van der Waals surface area contributed by atoms with Gasteiger partial charge in [0.1, 0.15) is 17.5 Å². The summed E-state index contributed by atoms with van der Waals surface area (Å²) in [6.45, 7) is 6.25. The van der Waals surface area contributed by atoms with E-state index in [-0.39, 0.29) is 22.9 Å². The average molecular weight is 484 g/mol. The van der Waals surface area contributed by atoms with Crippen molar-refractivity contribution in [2.24, 2.45) is 0 Å². The first kappa shape index (κ1) is 23.6. The molecule has 2 aliphatic heterocycles. The van der Waals surface area contributed by atoms with Crippen molar-refractivity contribution in [2.75, 3.05) is 31.6 Å². The molecule has 0 atom stereocenters. The zero-order chi connectivity index (χ0) is 25.4. The van der Waals surface area contributed by atoms with Gasteiger partial charge in [-0.25, -0.2) is 4.68 Å². The number of nitrogens with zero attached hydrogens (tertiary/aromatic N) is 5. The number of rotatable bonds is 6. The smallest absolute Gasteiger partial charge is 0.277 e. The summed E-state index contributed by atoms with van der Waals surface area (Å²) >= 11 is 0. The van der Waals surface area contributed by atoms with Crippen LogP contribution in [0.5, 0.6) is 5.75 Å². The molecule has 1 fully saturated rings. The maximum absolute atomic E-state index is 13.7. The van der Waals surface area contributed by atoms with E-state index < -0.39 is 0 Å². The van der Waals surface area contributed by atoms with Crippen LogP contribution >= 0.6 is 0 Å². The fourth-order valence-corrected chi connectivity index (χ4v) is 5.14.